The lowest BCUT2D eigenvalue weighted by molar-refractivity contribution is -0.114. The molecule has 0 aliphatic carbocycles. The van der Waals surface area contributed by atoms with Crippen LogP contribution in [0.15, 0.2) is 70.5 Å². The predicted molar refractivity (Wildman–Crippen MR) is 131 cm³/mol. The molecule has 9 heteroatoms. The number of nitrogens with zero attached hydrogens (tertiary/aromatic N) is 1. The fourth-order valence-electron chi connectivity index (χ4n) is 3.51. The summed E-state index contributed by atoms with van der Waals surface area (Å²) >= 11 is 7.56. The number of anilines is 2. The van der Waals surface area contributed by atoms with Gasteiger partial charge in [0.05, 0.1) is 35.6 Å². The summed E-state index contributed by atoms with van der Waals surface area (Å²) < 4.78 is 10.3. The molecule has 174 valence electrons. The SMILES string of the molecule is CCOC(=O)c1ccc2c(c1)N(CC(=O)Nc1ccc(OC)c(Cl)c1)C(=O)c1ccccc1S2. The number of hydrogen-bond donors (Lipinski definition) is 1. The normalized spacial score (nSPS) is 12.3. The maximum Gasteiger partial charge on any atom is 0.338 e. The van der Waals surface area contributed by atoms with Gasteiger partial charge in [-0.05, 0) is 55.5 Å². The van der Waals surface area contributed by atoms with Gasteiger partial charge in [-0.25, -0.2) is 4.79 Å². The number of nitrogens with one attached hydrogen (secondary N) is 1. The van der Waals surface area contributed by atoms with Crippen molar-refractivity contribution in [3.63, 3.8) is 0 Å². The topological polar surface area (TPSA) is 84.9 Å². The van der Waals surface area contributed by atoms with Gasteiger partial charge in [-0.1, -0.05) is 35.5 Å². The van der Waals surface area contributed by atoms with Crippen LogP contribution in [-0.4, -0.2) is 38.0 Å². The van der Waals surface area contributed by atoms with Gasteiger partial charge >= 0.3 is 5.97 Å². The summed E-state index contributed by atoms with van der Waals surface area (Å²) in [6.07, 6.45) is 0. The molecule has 0 bridgehead atoms. The molecule has 0 saturated carbocycles. The van der Waals surface area contributed by atoms with Gasteiger partial charge in [0.1, 0.15) is 12.3 Å². The molecule has 0 radical (unpaired) electrons. The van der Waals surface area contributed by atoms with Gasteiger partial charge in [-0.2, -0.15) is 0 Å². The highest BCUT2D eigenvalue weighted by molar-refractivity contribution is 7.99. The molecule has 4 rings (SSSR count). The minimum absolute atomic E-state index is 0.228. The van der Waals surface area contributed by atoms with Crippen molar-refractivity contribution in [2.75, 3.05) is 30.5 Å². The highest BCUT2D eigenvalue weighted by Crippen LogP contribution is 2.41. The Morgan fingerprint density at radius 2 is 1.85 bits per heavy atom. The molecule has 0 spiro atoms. The van der Waals surface area contributed by atoms with E-state index in [0.717, 1.165) is 9.79 Å². The highest BCUT2D eigenvalue weighted by Gasteiger charge is 2.29. The molecule has 0 aromatic heterocycles. The highest BCUT2D eigenvalue weighted by atomic mass is 35.5. The number of benzene rings is 3. The van der Waals surface area contributed by atoms with Crippen LogP contribution >= 0.6 is 23.4 Å². The smallest absolute Gasteiger partial charge is 0.338 e. The Hall–Kier alpha value is -3.49. The average Bonchev–Trinajstić information content (AvgIpc) is 2.93. The molecule has 7 nitrogen and oxygen atoms in total. The molecule has 2 amide bonds. The minimum atomic E-state index is -0.498. The first-order valence-corrected chi connectivity index (χ1v) is 11.6. The van der Waals surface area contributed by atoms with Crippen LogP contribution in [0.5, 0.6) is 5.75 Å². The molecule has 1 aliphatic heterocycles. The lowest BCUT2D eigenvalue weighted by atomic mass is 10.1. The van der Waals surface area contributed by atoms with Crippen molar-refractivity contribution in [1.82, 2.24) is 0 Å². The van der Waals surface area contributed by atoms with Gasteiger partial charge in [0.2, 0.25) is 5.91 Å². The number of esters is 1. The third kappa shape index (κ3) is 4.88. The van der Waals surface area contributed by atoms with E-state index in [9.17, 15) is 14.4 Å². The van der Waals surface area contributed by atoms with E-state index in [1.807, 2.05) is 12.1 Å². The predicted octanol–water partition coefficient (Wildman–Crippen LogP) is 5.28. The zero-order chi connectivity index (χ0) is 24.2. The van der Waals surface area contributed by atoms with Gasteiger partial charge in [0, 0.05) is 15.5 Å². The molecular formula is C25H21ClN2O5S. The van der Waals surface area contributed by atoms with Crippen molar-refractivity contribution in [3.05, 3.63) is 76.8 Å². The third-order valence-electron chi connectivity index (χ3n) is 5.08. The summed E-state index contributed by atoms with van der Waals surface area (Å²) in [6.45, 7) is 1.68. The van der Waals surface area contributed by atoms with Gasteiger partial charge in [-0.3, -0.25) is 14.5 Å². The Morgan fingerprint density at radius 3 is 2.59 bits per heavy atom. The molecular weight excluding hydrogens is 476 g/mol. The number of ether oxygens (including phenoxy) is 2. The second kappa shape index (κ2) is 10.2. The molecule has 0 fully saturated rings. The van der Waals surface area contributed by atoms with Crippen LogP contribution in [0.2, 0.25) is 5.02 Å². The Labute approximate surface area is 206 Å². The fraction of sp³-hybridized carbons (Fsp3) is 0.160. The summed E-state index contributed by atoms with van der Waals surface area (Å²) in [4.78, 5) is 41.7. The Morgan fingerprint density at radius 1 is 1.06 bits per heavy atom. The van der Waals surface area contributed by atoms with Crippen LogP contribution in [0.3, 0.4) is 0 Å². The van der Waals surface area contributed by atoms with Crippen LogP contribution < -0.4 is 15.0 Å². The van der Waals surface area contributed by atoms with E-state index in [-0.39, 0.29) is 19.1 Å². The lowest BCUT2D eigenvalue weighted by Gasteiger charge is -2.23. The fourth-order valence-corrected chi connectivity index (χ4v) is 4.82. The van der Waals surface area contributed by atoms with E-state index in [2.05, 4.69) is 5.32 Å². The van der Waals surface area contributed by atoms with Gasteiger partial charge in [0.15, 0.2) is 0 Å². The number of hydrogen-bond acceptors (Lipinski definition) is 6. The van der Waals surface area contributed by atoms with E-state index in [1.165, 1.54) is 23.8 Å². The monoisotopic (exact) mass is 496 g/mol. The Kier molecular flexibility index (Phi) is 7.09. The summed E-state index contributed by atoms with van der Waals surface area (Å²) in [5.41, 5.74) is 1.70. The first kappa shape index (κ1) is 23.7. The second-order valence-electron chi connectivity index (χ2n) is 7.29. The molecule has 34 heavy (non-hydrogen) atoms. The first-order chi connectivity index (χ1) is 16.4. The van der Waals surface area contributed by atoms with E-state index in [4.69, 9.17) is 21.1 Å². The Balaban J connectivity index is 1.68. The zero-order valence-corrected chi connectivity index (χ0v) is 20.0. The van der Waals surface area contributed by atoms with Crippen molar-refractivity contribution in [2.24, 2.45) is 0 Å². The molecule has 1 aliphatic rings. The number of rotatable bonds is 6. The number of methoxy groups -OCH3 is 1. The summed E-state index contributed by atoms with van der Waals surface area (Å²) in [7, 11) is 1.50. The minimum Gasteiger partial charge on any atom is -0.495 e. The van der Waals surface area contributed by atoms with Crippen LogP contribution in [-0.2, 0) is 9.53 Å². The van der Waals surface area contributed by atoms with Gasteiger partial charge in [-0.15, -0.1) is 0 Å². The van der Waals surface area contributed by atoms with E-state index < -0.39 is 11.9 Å². The molecule has 0 unspecified atom stereocenters. The summed E-state index contributed by atoms with van der Waals surface area (Å²) in [5.74, 6) is -0.782. The number of fused-ring (bicyclic) bond motifs is 2. The zero-order valence-electron chi connectivity index (χ0n) is 18.5. The average molecular weight is 497 g/mol. The van der Waals surface area contributed by atoms with Crippen molar-refractivity contribution < 1.29 is 23.9 Å². The number of halogens is 1. The molecule has 0 saturated heterocycles. The van der Waals surface area contributed by atoms with Crippen molar-refractivity contribution in [1.29, 1.82) is 0 Å². The molecule has 1 heterocycles. The van der Waals surface area contributed by atoms with E-state index in [0.29, 0.717) is 33.3 Å². The van der Waals surface area contributed by atoms with Gasteiger partial charge < -0.3 is 14.8 Å². The number of carbonyl (C=O) groups excluding carboxylic acids is 3. The molecule has 1 N–H and O–H groups in total. The standard InChI is InChI=1S/C25H21ClN2O5S/c1-3-33-25(31)15-8-11-22-19(12-15)28(24(30)17-6-4-5-7-21(17)34-22)14-23(29)27-16-9-10-20(32-2)18(26)13-16/h4-13H,3,14H2,1-2H3,(H,27,29). The maximum absolute atomic E-state index is 13.5. The van der Waals surface area contributed by atoms with Crippen molar-refractivity contribution >= 4 is 52.5 Å². The second-order valence-corrected chi connectivity index (χ2v) is 8.78. The molecule has 3 aromatic carbocycles. The van der Waals surface area contributed by atoms with Crippen LogP contribution in [0.25, 0.3) is 0 Å². The van der Waals surface area contributed by atoms with Crippen LogP contribution in [0.1, 0.15) is 27.6 Å². The first-order valence-electron chi connectivity index (χ1n) is 10.4. The number of carbonyl (C=O) groups is 3. The third-order valence-corrected chi connectivity index (χ3v) is 6.52. The van der Waals surface area contributed by atoms with Crippen molar-refractivity contribution in [3.8, 4) is 5.75 Å². The quantitative estimate of drug-likeness (QED) is 0.468. The summed E-state index contributed by atoms with van der Waals surface area (Å²) in [5, 5.41) is 3.11. The van der Waals surface area contributed by atoms with Gasteiger partial charge in [0.25, 0.3) is 5.91 Å². The van der Waals surface area contributed by atoms with Crippen molar-refractivity contribution in [2.45, 2.75) is 16.7 Å². The molecule has 3 aromatic rings. The Bertz CT molecular complexity index is 1280. The lowest BCUT2D eigenvalue weighted by Crippen LogP contribution is -2.38. The molecule has 0 atom stereocenters. The largest absolute Gasteiger partial charge is 0.495 e. The maximum atomic E-state index is 13.5. The summed E-state index contributed by atoms with van der Waals surface area (Å²) in [6, 6.07) is 17.1. The van der Waals surface area contributed by atoms with E-state index in [1.54, 1.807) is 55.5 Å². The van der Waals surface area contributed by atoms with Crippen LogP contribution in [0.4, 0.5) is 11.4 Å². The van der Waals surface area contributed by atoms with Crippen LogP contribution in [0, 0.1) is 0 Å². The van der Waals surface area contributed by atoms with E-state index >= 15 is 0 Å². The number of amides is 2.